The second-order valence-corrected chi connectivity index (χ2v) is 8.07. The zero-order valence-electron chi connectivity index (χ0n) is 16.3. The van der Waals surface area contributed by atoms with Crippen molar-refractivity contribution in [3.63, 3.8) is 0 Å². The smallest absolute Gasteiger partial charge is 0.274 e. The topological polar surface area (TPSA) is 54.3 Å². The number of aryl methyl sites for hydroxylation is 2. The fourth-order valence-corrected chi connectivity index (χ4v) is 4.52. The number of likely N-dealkylation sites (tertiary alicyclic amines) is 2. The Hall–Kier alpha value is -2.21. The molecule has 2 fully saturated rings. The fraction of sp³-hybridized carbons (Fsp3) is 0.571. The maximum absolute atomic E-state index is 12.7. The first-order valence-corrected chi connectivity index (χ1v) is 10.0. The highest BCUT2D eigenvalue weighted by Crippen LogP contribution is 2.32. The van der Waals surface area contributed by atoms with Gasteiger partial charge >= 0.3 is 0 Å². The molecule has 2 aliphatic heterocycles. The molecule has 4 rings (SSSR count). The van der Waals surface area contributed by atoms with Crippen LogP contribution in [0.4, 0.5) is 0 Å². The van der Waals surface area contributed by atoms with E-state index in [1.807, 2.05) is 43.4 Å². The van der Waals surface area contributed by atoms with Gasteiger partial charge in [-0.2, -0.15) is 5.10 Å². The Kier molecular flexibility index (Phi) is 5.25. The molecule has 1 amide bonds. The van der Waals surface area contributed by atoms with Crippen LogP contribution in [0, 0.1) is 18.8 Å². The van der Waals surface area contributed by atoms with E-state index in [0.29, 0.717) is 11.6 Å². The van der Waals surface area contributed by atoms with Gasteiger partial charge in [-0.25, -0.2) is 0 Å². The van der Waals surface area contributed by atoms with Crippen LogP contribution in [0.15, 0.2) is 30.6 Å². The van der Waals surface area contributed by atoms with Crippen molar-refractivity contribution in [2.45, 2.75) is 32.7 Å². The van der Waals surface area contributed by atoms with Gasteiger partial charge in [0.1, 0.15) is 0 Å². The average molecular weight is 367 g/mol. The molecule has 2 aromatic heterocycles. The molecule has 2 aliphatic rings. The summed E-state index contributed by atoms with van der Waals surface area (Å²) < 4.78 is 1.78. The van der Waals surface area contributed by atoms with Crippen LogP contribution in [0.2, 0.25) is 0 Å². The van der Waals surface area contributed by atoms with Gasteiger partial charge in [0.05, 0.1) is 0 Å². The Morgan fingerprint density at radius 3 is 2.63 bits per heavy atom. The Bertz CT molecular complexity index is 760. The third kappa shape index (κ3) is 4.05. The zero-order valence-corrected chi connectivity index (χ0v) is 16.3. The van der Waals surface area contributed by atoms with Crippen LogP contribution in [0.1, 0.15) is 41.0 Å². The third-order valence-corrected chi connectivity index (χ3v) is 6.27. The lowest BCUT2D eigenvalue weighted by atomic mass is 9.83. The fourth-order valence-electron chi connectivity index (χ4n) is 4.52. The summed E-state index contributed by atoms with van der Waals surface area (Å²) in [5.41, 5.74) is 2.90. The number of amides is 1. The van der Waals surface area contributed by atoms with E-state index in [2.05, 4.69) is 21.0 Å². The van der Waals surface area contributed by atoms with E-state index in [9.17, 15) is 4.79 Å². The number of nitrogens with zero attached hydrogens (tertiary/aromatic N) is 5. The molecule has 2 aromatic rings. The molecule has 0 N–H and O–H groups in total. The lowest BCUT2D eigenvalue weighted by Crippen LogP contribution is -2.37. The molecule has 1 unspecified atom stereocenters. The average Bonchev–Trinajstić information content (AvgIpc) is 3.30. The quantitative estimate of drug-likeness (QED) is 0.833. The standard InChI is InChI=1S/C21H29N5O/c1-16-12-20(23-24(16)2)21(27)26-11-7-19(15-26)18-5-9-25(10-6-18)14-17-4-3-8-22-13-17/h3-4,8,12-13,18-19H,5-7,9-11,14-15H2,1-2H3. The highest BCUT2D eigenvalue weighted by Gasteiger charge is 2.34. The van der Waals surface area contributed by atoms with Crippen LogP contribution < -0.4 is 0 Å². The number of carbonyl (C=O) groups is 1. The number of hydrogen-bond acceptors (Lipinski definition) is 4. The number of piperidine rings is 1. The van der Waals surface area contributed by atoms with Crippen LogP contribution in [0.3, 0.4) is 0 Å². The van der Waals surface area contributed by atoms with Gasteiger partial charge in [-0.3, -0.25) is 19.4 Å². The molecule has 144 valence electrons. The number of hydrogen-bond donors (Lipinski definition) is 0. The van der Waals surface area contributed by atoms with Crippen molar-refractivity contribution in [2.24, 2.45) is 18.9 Å². The van der Waals surface area contributed by atoms with E-state index < -0.39 is 0 Å². The van der Waals surface area contributed by atoms with Crippen LogP contribution in [-0.2, 0) is 13.6 Å². The van der Waals surface area contributed by atoms with E-state index in [1.54, 1.807) is 4.68 Å². The predicted octanol–water partition coefficient (Wildman–Crippen LogP) is 2.50. The van der Waals surface area contributed by atoms with Gasteiger partial charge in [-0.05, 0) is 68.8 Å². The van der Waals surface area contributed by atoms with Crippen molar-refractivity contribution in [1.29, 1.82) is 0 Å². The van der Waals surface area contributed by atoms with E-state index >= 15 is 0 Å². The summed E-state index contributed by atoms with van der Waals surface area (Å²) in [4.78, 5) is 21.5. The van der Waals surface area contributed by atoms with E-state index in [4.69, 9.17) is 0 Å². The van der Waals surface area contributed by atoms with Crippen LogP contribution in [0.5, 0.6) is 0 Å². The Labute approximate surface area is 161 Å². The molecule has 0 radical (unpaired) electrons. The first-order chi connectivity index (χ1) is 13.1. The molecule has 0 aromatic carbocycles. The highest BCUT2D eigenvalue weighted by atomic mass is 16.2. The molecule has 0 bridgehead atoms. The minimum absolute atomic E-state index is 0.0928. The second kappa shape index (κ2) is 7.80. The lowest BCUT2D eigenvalue weighted by Gasteiger charge is -2.34. The minimum atomic E-state index is 0.0928. The van der Waals surface area contributed by atoms with Gasteiger partial charge in [0, 0.05) is 44.8 Å². The van der Waals surface area contributed by atoms with Gasteiger partial charge in [0.2, 0.25) is 0 Å². The molecule has 27 heavy (non-hydrogen) atoms. The molecule has 0 aliphatic carbocycles. The third-order valence-electron chi connectivity index (χ3n) is 6.27. The summed E-state index contributed by atoms with van der Waals surface area (Å²) in [5, 5.41) is 4.36. The van der Waals surface area contributed by atoms with Crippen LogP contribution in [-0.4, -0.2) is 56.7 Å². The van der Waals surface area contributed by atoms with Crippen molar-refractivity contribution in [1.82, 2.24) is 24.6 Å². The maximum atomic E-state index is 12.7. The van der Waals surface area contributed by atoms with Gasteiger partial charge in [0.15, 0.2) is 5.69 Å². The summed E-state index contributed by atoms with van der Waals surface area (Å²) in [5.74, 6) is 1.47. The van der Waals surface area contributed by atoms with Crippen LogP contribution >= 0.6 is 0 Å². The van der Waals surface area contributed by atoms with Gasteiger partial charge in [0.25, 0.3) is 5.91 Å². The van der Waals surface area contributed by atoms with Crippen molar-refractivity contribution in [3.8, 4) is 0 Å². The molecular weight excluding hydrogens is 338 g/mol. The molecule has 0 saturated carbocycles. The molecule has 0 spiro atoms. The number of pyridine rings is 1. The van der Waals surface area contributed by atoms with Crippen molar-refractivity contribution in [3.05, 3.63) is 47.5 Å². The Morgan fingerprint density at radius 1 is 1.19 bits per heavy atom. The van der Waals surface area contributed by atoms with Crippen molar-refractivity contribution >= 4 is 5.91 Å². The summed E-state index contributed by atoms with van der Waals surface area (Å²) in [6, 6.07) is 6.06. The van der Waals surface area contributed by atoms with E-state index in [-0.39, 0.29) is 5.91 Å². The van der Waals surface area contributed by atoms with Crippen molar-refractivity contribution in [2.75, 3.05) is 26.2 Å². The summed E-state index contributed by atoms with van der Waals surface area (Å²) >= 11 is 0. The minimum Gasteiger partial charge on any atom is -0.337 e. The van der Waals surface area contributed by atoms with Crippen LogP contribution in [0.25, 0.3) is 0 Å². The zero-order chi connectivity index (χ0) is 18.8. The summed E-state index contributed by atoms with van der Waals surface area (Å²) in [7, 11) is 1.89. The van der Waals surface area contributed by atoms with E-state index in [1.165, 1.54) is 18.4 Å². The van der Waals surface area contributed by atoms with Gasteiger partial charge < -0.3 is 4.90 Å². The molecule has 6 nitrogen and oxygen atoms in total. The number of aromatic nitrogens is 3. The first kappa shape index (κ1) is 18.2. The summed E-state index contributed by atoms with van der Waals surface area (Å²) in [6.45, 7) is 7.02. The SMILES string of the molecule is Cc1cc(C(=O)N2CCC(C3CCN(Cc4cccnc4)CC3)C2)nn1C. The summed E-state index contributed by atoms with van der Waals surface area (Å²) in [6.07, 6.45) is 7.39. The van der Waals surface area contributed by atoms with Gasteiger partial charge in [-0.1, -0.05) is 6.07 Å². The first-order valence-electron chi connectivity index (χ1n) is 10.0. The Balaban J connectivity index is 1.28. The van der Waals surface area contributed by atoms with E-state index in [0.717, 1.165) is 50.8 Å². The molecule has 4 heterocycles. The Morgan fingerprint density at radius 2 is 1.96 bits per heavy atom. The van der Waals surface area contributed by atoms with Gasteiger partial charge in [-0.15, -0.1) is 0 Å². The lowest BCUT2D eigenvalue weighted by molar-refractivity contribution is 0.0766. The monoisotopic (exact) mass is 367 g/mol. The molecule has 6 heteroatoms. The largest absolute Gasteiger partial charge is 0.337 e. The highest BCUT2D eigenvalue weighted by molar-refractivity contribution is 5.92. The second-order valence-electron chi connectivity index (χ2n) is 8.07. The molecule has 2 saturated heterocycles. The molecular formula is C21H29N5O. The normalized spacial score (nSPS) is 21.7. The molecule has 1 atom stereocenters. The maximum Gasteiger partial charge on any atom is 0.274 e. The van der Waals surface area contributed by atoms with Crippen molar-refractivity contribution < 1.29 is 4.79 Å². The number of carbonyl (C=O) groups excluding carboxylic acids is 1. The predicted molar refractivity (Wildman–Crippen MR) is 104 cm³/mol. The number of rotatable bonds is 4.